The van der Waals surface area contributed by atoms with E-state index < -0.39 is 0 Å². The highest BCUT2D eigenvalue weighted by atomic mass is 35.5. The van der Waals surface area contributed by atoms with Crippen molar-refractivity contribution in [3.05, 3.63) is 47.5 Å². The number of hydrogen-bond acceptors (Lipinski definition) is 5. The van der Waals surface area contributed by atoms with Crippen molar-refractivity contribution in [1.82, 2.24) is 24.4 Å². The first-order chi connectivity index (χ1) is 13.6. The molecule has 3 aromatic rings. The smallest absolute Gasteiger partial charge is 0.227 e. The summed E-state index contributed by atoms with van der Waals surface area (Å²) in [6.45, 7) is 3.37. The van der Waals surface area contributed by atoms with Crippen molar-refractivity contribution >= 4 is 34.5 Å². The van der Waals surface area contributed by atoms with Crippen LogP contribution in [0.25, 0.3) is 11.2 Å². The molecule has 0 aliphatic carbocycles. The highest BCUT2D eigenvalue weighted by Gasteiger charge is 2.42. The van der Waals surface area contributed by atoms with Gasteiger partial charge in [-0.2, -0.15) is 0 Å². The summed E-state index contributed by atoms with van der Waals surface area (Å²) in [5, 5.41) is 0.657. The zero-order chi connectivity index (χ0) is 19.3. The van der Waals surface area contributed by atoms with Crippen molar-refractivity contribution in [3.8, 4) is 0 Å². The summed E-state index contributed by atoms with van der Waals surface area (Å²) < 4.78 is 1.91. The molecule has 0 bridgehead atoms. The largest absolute Gasteiger partial charge is 0.354 e. The van der Waals surface area contributed by atoms with Crippen LogP contribution in [0.3, 0.4) is 0 Å². The molecule has 1 aromatic carbocycles. The molecule has 2 fully saturated rings. The molecule has 5 rings (SSSR count). The maximum atomic E-state index is 12.7. The molecule has 0 saturated carbocycles. The predicted octanol–water partition coefficient (Wildman–Crippen LogP) is 2.15. The molecular formula is C20H21ClN6O. The van der Waals surface area contributed by atoms with Crippen molar-refractivity contribution in [2.45, 2.75) is 6.42 Å². The quantitative estimate of drug-likeness (QED) is 0.678. The van der Waals surface area contributed by atoms with Gasteiger partial charge in [0.05, 0.1) is 12.7 Å². The van der Waals surface area contributed by atoms with Crippen LogP contribution in [0.1, 0.15) is 5.56 Å². The Morgan fingerprint density at radius 1 is 1.11 bits per heavy atom. The second kappa shape index (κ2) is 6.74. The maximum absolute atomic E-state index is 12.7. The third-order valence-corrected chi connectivity index (χ3v) is 6.28. The second-order valence-corrected chi connectivity index (χ2v) is 8.12. The van der Waals surface area contributed by atoms with E-state index in [9.17, 15) is 4.79 Å². The van der Waals surface area contributed by atoms with E-state index >= 15 is 0 Å². The van der Waals surface area contributed by atoms with Gasteiger partial charge in [0.2, 0.25) is 5.91 Å². The van der Waals surface area contributed by atoms with Crippen molar-refractivity contribution < 1.29 is 4.79 Å². The second-order valence-electron chi connectivity index (χ2n) is 7.72. The minimum absolute atomic E-state index is 0.156. The van der Waals surface area contributed by atoms with E-state index in [-0.39, 0.29) is 5.91 Å². The number of halogens is 1. The number of hydrogen-bond donors (Lipinski definition) is 0. The van der Waals surface area contributed by atoms with Crippen molar-refractivity contribution in [2.75, 3.05) is 31.1 Å². The number of likely N-dealkylation sites (tertiary alicyclic amines) is 1. The normalized spacial score (nSPS) is 21.5. The fourth-order valence-corrected chi connectivity index (χ4v) is 4.65. The summed E-state index contributed by atoms with van der Waals surface area (Å²) in [5.41, 5.74) is 2.58. The third kappa shape index (κ3) is 2.90. The number of nitrogens with zero attached hydrogens (tertiary/aromatic N) is 6. The number of imidazole rings is 1. The number of rotatable bonds is 3. The summed E-state index contributed by atoms with van der Waals surface area (Å²) in [4.78, 5) is 30.3. The Labute approximate surface area is 168 Å². The molecule has 28 heavy (non-hydrogen) atoms. The molecular weight excluding hydrogens is 376 g/mol. The highest BCUT2D eigenvalue weighted by molar-refractivity contribution is 6.31. The molecule has 144 valence electrons. The summed E-state index contributed by atoms with van der Waals surface area (Å²) in [6.07, 6.45) is 3.74. The topological polar surface area (TPSA) is 67.2 Å². The van der Waals surface area contributed by atoms with E-state index in [1.807, 2.05) is 40.8 Å². The van der Waals surface area contributed by atoms with Gasteiger partial charge in [-0.05, 0) is 11.6 Å². The summed E-state index contributed by atoms with van der Waals surface area (Å²) >= 11 is 6.21. The molecule has 0 N–H and O–H groups in total. The Kier molecular flexibility index (Phi) is 4.19. The summed E-state index contributed by atoms with van der Waals surface area (Å²) in [6, 6.07) is 7.56. The molecule has 2 atom stereocenters. The number of carbonyl (C=O) groups is 1. The lowest BCUT2D eigenvalue weighted by Crippen LogP contribution is -2.34. The molecule has 0 radical (unpaired) electrons. The van der Waals surface area contributed by atoms with Crippen LogP contribution >= 0.6 is 11.6 Å². The molecule has 0 spiro atoms. The first-order valence-electron chi connectivity index (χ1n) is 9.48. The molecule has 8 heteroatoms. The first kappa shape index (κ1) is 17.4. The fourth-order valence-electron chi connectivity index (χ4n) is 4.45. The lowest BCUT2D eigenvalue weighted by atomic mass is 10.0. The summed E-state index contributed by atoms with van der Waals surface area (Å²) in [5.74, 6) is 1.98. The Balaban J connectivity index is 1.27. The molecule has 2 aromatic heterocycles. The van der Waals surface area contributed by atoms with E-state index in [1.54, 1.807) is 12.7 Å². The maximum Gasteiger partial charge on any atom is 0.227 e. The Bertz CT molecular complexity index is 1040. The van der Waals surface area contributed by atoms with Crippen LogP contribution in [0, 0.1) is 11.8 Å². The number of aryl methyl sites for hydroxylation is 1. The minimum atomic E-state index is 0.156. The Morgan fingerprint density at radius 3 is 2.61 bits per heavy atom. The van der Waals surface area contributed by atoms with E-state index in [4.69, 9.17) is 11.6 Å². The molecule has 2 aliphatic heterocycles. The van der Waals surface area contributed by atoms with Gasteiger partial charge >= 0.3 is 0 Å². The standard InChI is InChI=1S/C20H21ClN6O/c1-25-12-24-18-19(25)22-11-23-20(18)27-9-14-7-26(8-15(14)10-27)17(28)6-13-4-2-3-5-16(13)21/h2-5,11-12,14-15H,6-10H2,1H3. The van der Waals surface area contributed by atoms with Gasteiger partial charge in [0.1, 0.15) is 6.33 Å². The van der Waals surface area contributed by atoms with Crippen LogP contribution in [0.4, 0.5) is 5.82 Å². The van der Waals surface area contributed by atoms with Crippen molar-refractivity contribution in [1.29, 1.82) is 0 Å². The van der Waals surface area contributed by atoms with Gasteiger partial charge in [-0.15, -0.1) is 0 Å². The van der Waals surface area contributed by atoms with E-state index in [1.165, 1.54) is 0 Å². The molecule has 4 heterocycles. The van der Waals surface area contributed by atoms with Gasteiger partial charge in [0.25, 0.3) is 0 Å². The first-order valence-corrected chi connectivity index (χ1v) is 9.86. The predicted molar refractivity (Wildman–Crippen MR) is 107 cm³/mol. The number of carbonyl (C=O) groups excluding carboxylic acids is 1. The lowest BCUT2D eigenvalue weighted by molar-refractivity contribution is -0.129. The van der Waals surface area contributed by atoms with Gasteiger partial charge in [0, 0.05) is 50.1 Å². The van der Waals surface area contributed by atoms with Crippen LogP contribution in [-0.4, -0.2) is 56.5 Å². The zero-order valence-electron chi connectivity index (χ0n) is 15.6. The molecule has 2 unspecified atom stereocenters. The van der Waals surface area contributed by atoms with Crippen molar-refractivity contribution in [3.63, 3.8) is 0 Å². The summed E-state index contributed by atoms with van der Waals surface area (Å²) in [7, 11) is 1.94. The third-order valence-electron chi connectivity index (χ3n) is 5.92. The van der Waals surface area contributed by atoms with E-state index in [2.05, 4.69) is 19.9 Å². The van der Waals surface area contributed by atoms with Gasteiger partial charge in [-0.1, -0.05) is 29.8 Å². The molecule has 1 amide bonds. The van der Waals surface area contributed by atoms with Crippen LogP contribution in [0.5, 0.6) is 0 Å². The number of benzene rings is 1. The Morgan fingerprint density at radius 2 is 1.86 bits per heavy atom. The average molecular weight is 397 g/mol. The molecule has 7 nitrogen and oxygen atoms in total. The van der Waals surface area contributed by atoms with Gasteiger partial charge in [0.15, 0.2) is 17.0 Å². The number of anilines is 1. The number of aromatic nitrogens is 4. The van der Waals surface area contributed by atoms with Gasteiger partial charge in [-0.3, -0.25) is 4.79 Å². The van der Waals surface area contributed by atoms with Gasteiger partial charge < -0.3 is 14.4 Å². The van der Waals surface area contributed by atoms with Crippen LogP contribution in [0.15, 0.2) is 36.9 Å². The molecule has 2 saturated heterocycles. The minimum Gasteiger partial charge on any atom is -0.354 e. The van der Waals surface area contributed by atoms with E-state index in [0.29, 0.717) is 23.3 Å². The Hall–Kier alpha value is -2.67. The zero-order valence-corrected chi connectivity index (χ0v) is 16.4. The van der Waals surface area contributed by atoms with E-state index in [0.717, 1.165) is 48.7 Å². The lowest BCUT2D eigenvalue weighted by Gasteiger charge is -2.22. The monoisotopic (exact) mass is 396 g/mol. The average Bonchev–Trinajstić information content (AvgIpc) is 3.37. The molecule has 2 aliphatic rings. The SMILES string of the molecule is Cn1cnc2c(N3CC4CN(C(=O)Cc5ccccc5Cl)CC4C3)ncnc21. The van der Waals surface area contributed by atoms with Crippen LogP contribution in [-0.2, 0) is 18.3 Å². The number of amides is 1. The fraction of sp³-hybridized carbons (Fsp3) is 0.400. The van der Waals surface area contributed by atoms with Gasteiger partial charge in [-0.25, -0.2) is 15.0 Å². The van der Waals surface area contributed by atoms with Crippen LogP contribution < -0.4 is 4.90 Å². The van der Waals surface area contributed by atoms with Crippen LogP contribution in [0.2, 0.25) is 5.02 Å². The highest BCUT2D eigenvalue weighted by Crippen LogP contribution is 2.35. The number of fused-ring (bicyclic) bond motifs is 2. The van der Waals surface area contributed by atoms with Crippen molar-refractivity contribution in [2.24, 2.45) is 18.9 Å².